The number of H-pyrrole nitrogens is 1. The van der Waals surface area contributed by atoms with Gasteiger partial charge in [-0.1, -0.05) is 0 Å². The van der Waals surface area contributed by atoms with Gasteiger partial charge in [-0.15, -0.1) is 22.7 Å². The zero-order chi connectivity index (χ0) is 24.9. The van der Waals surface area contributed by atoms with Gasteiger partial charge in [0.05, 0.1) is 39.4 Å². The average Bonchev–Trinajstić information content (AvgIpc) is 3.47. The van der Waals surface area contributed by atoms with Crippen LogP contribution in [-0.2, 0) is 6.61 Å². The van der Waals surface area contributed by atoms with Crippen LogP contribution in [0.15, 0.2) is 44.7 Å². The van der Waals surface area contributed by atoms with E-state index in [4.69, 9.17) is 9.47 Å². The van der Waals surface area contributed by atoms with Crippen LogP contribution in [0.3, 0.4) is 0 Å². The molecule has 0 saturated heterocycles. The topological polar surface area (TPSA) is 124 Å². The van der Waals surface area contributed by atoms with Crippen molar-refractivity contribution in [3.05, 3.63) is 78.1 Å². The van der Waals surface area contributed by atoms with Gasteiger partial charge in [-0.25, -0.2) is 27.9 Å². The Morgan fingerprint density at radius 1 is 1.17 bits per heavy atom. The van der Waals surface area contributed by atoms with Gasteiger partial charge in [0.25, 0.3) is 5.56 Å². The molecular weight excluding hydrogens is 504 g/mol. The molecule has 5 aromatic rings. The van der Waals surface area contributed by atoms with Gasteiger partial charge in [-0.3, -0.25) is 4.79 Å². The van der Waals surface area contributed by atoms with E-state index in [1.54, 1.807) is 5.51 Å². The minimum atomic E-state index is -1.36. The first-order chi connectivity index (χ1) is 16.8. The van der Waals surface area contributed by atoms with Gasteiger partial charge >= 0.3 is 11.7 Å². The number of benzene rings is 2. The molecule has 2 aromatic carbocycles. The number of ether oxygens (including phenoxy) is 2. The Kier molecular flexibility index (Phi) is 5.57. The number of rotatable bonds is 6. The summed E-state index contributed by atoms with van der Waals surface area (Å²) in [5.41, 5.74) is -0.0953. The Balaban J connectivity index is 1.64. The van der Waals surface area contributed by atoms with Crippen LogP contribution in [0, 0.1) is 11.6 Å². The van der Waals surface area contributed by atoms with Crippen LogP contribution < -0.4 is 20.7 Å². The number of carboxylic acid groups (broad SMARTS) is 1. The second-order valence-electron chi connectivity index (χ2n) is 7.20. The highest BCUT2D eigenvalue weighted by Gasteiger charge is 2.22. The van der Waals surface area contributed by atoms with Crippen molar-refractivity contribution < 1.29 is 28.2 Å². The van der Waals surface area contributed by atoms with E-state index in [1.807, 2.05) is 0 Å². The van der Waals surface area contributed by atoms with Gasteiger partial charge < -0.3 is 19.6 Å². The SMILES string of the molecule is COc1cc(F)c(-n2c(=O)[nH]c3csc(C(=O)O)c3c2=O)cc1OCc1c(F)ccc2ncsc12. The second-order valence-corrected chi connectivity index (χ2v) is 8.93. The maximum atomic E-state index is 15.0. The van der Waals surface area contributed by atoms with E-state index >= 15 is 4.39 Å². The zero-order valence-electron chi connectivity index (χ0n) is 17.6. The summed E-state index contributed by atoms with van der Waals surface area (Å²) in [6, 6.07) is 4.76. The summed E-state index contributed by atoms with van der Waals surface area (Å²) in [5, 5.41) is 10.4. The van der Waals surface area contributed by atoms with Gasteiger partial charge in [0.15, 0.2) is 17.3 Å². The first-order valence-electron chi connectivity index (χ1n) is 9.81. The number of hydrogen-bond donors (Lipinski definition) is 2. The van der Waals surface area contributed by atoms with Crippen molar-refractivity contribution in [3.63, 3.8) is 0 Å². The first kappa shape index (κ1) is 22.7. The van der Waals surface area contributed by atoms with Gasteiger partial charge in [-0.2, -0.15) is 0 Å². The Bertz CT molecular complexity index is 1750. The molecule has 178 valence electrons. The number of thiophene rings is 1. The highest BCUT2D eigenvalue weighted by Crippen LogP contribution is 2.33. The molecule has 3 aromatic heterocycles. The number of carboxylic acids is 1. The third kappa shape index (κ3) is 3.74. The molecule has 0 spiro atoms. The molecule has 0 aliphatic rings. The molecule has 0 fully saturated rings. The summed E-state index contributed by atoms with van der Waals surface area (Å²) in [6.45, 7) is -0.273. The fourth-order valence-corrected chi connectivity index (χ4v) is 5.27. The lowest BCUT2D eigenvalue weighted by Crippen LogP contribution is -2.34. The minimum Gasteiger partial charge on any atom is -0.493 e. The van der Waals surface area contributed by atoms with E-state index in [2.05, 4.69) is 9.97 Å². The number of methoxy groups -OCH3 is 1. The molecule has 0 radical (unpaired) electrons. The van der Waals surface area contributed by atoms with Gasteiger partial charge in [-0.05, 0) is 12.1 Å². The molecule has 0 bridgehead atoms. The van der Waals surface area contributed by atoms with Gasteiger partial charge in [0.2, 0.25) is 0 Å². The van der Waals surface area contributed by atoms with Crippen molar-refractivity contribution in [1.82, 2.24) is 14.5 Å². The van der Waals surface area contributed by atoms with Gasteiger partial charge in [0, 0.05) is 23.1 Å². The summed E-state index contributed by atoms with van der Waals surface area (Å²) >= 11 is 1.98. The Labute approximate surface area is 201 Å². The van der Waals surface area contributed by atoms with Crippen LogP contribution in [0.1, 0.15) is 15.2 Å². The molecule has 0 atom stereocenters. The number of halogens is 2. The van der Waals surface area contributed by atoms with E-state index in [0.717, 1.165) is 23.5 Å². The molecular formula is C22H13F2N3O6S2. The quantitative estimate of drug-likeness (QED) is 0.350. The zero-order valence-corrected chi connectivity index (χ0v) is 19.3. The van der Waals surface area contributed by atoms with E-state index in [1.165, 1.54) is 36.0 Å². The van der Waals surface area contributed by atoms with Crippen LogP contribution in [0.4, 0.5) is 8.78 Å². The molecule has 0 saturated carbocycles. The normalized spacial score (nSPS) is 11.3. The molecule has 0 unspecified atom stereocenters. The summed E-state index contributed by atoms with van der Waals surface area (Å²) in [6.07, 6.45) is 0. The van der Waals surface area contributed by atoms with Crippen LogP contribution >= 0.6 is 22.7 Å². The smallest absolute Gasteiger partial charge is 0.346 e. The number of nitrogens with one attached hydrogen (secondary N) is 1. The van der Waals surface area contributed by atoms with E-state index in [9.17, 15) is 23.9 Å². The highest BCUT2D eigenvalue weighted by atomic mass is 32.1. The predicted octanol–water partition coefficient (Wildman–Crippen LogP) is 3.91. The van der Waals surface area contributed by atoms with Crippen molar-refractivity contribution in [3.8, 4) is 17.2 Å². The summed E-state index contributed by atoms with van der Waals surface area (Å²) in [7, 11) is 1.27. The molecule has 0 amide bonds. The van der Waals surface area contributed by atoms with E-state index in [0.29, 0.717) is 14.8 Å². The van der Waals surface area contributed by atoms with Crippen molar-refractivity contribution >= 4 is 49.8 Å². The summed E-state index contributed by atoms with van der Waals surface area (Å²) in [4.78, 5) is 43.5. The predicted molar refractivity (Wildman–Crippen MR) is 125 cm³/mol. The molecule has 0 aliphatic carbocycles. The molecule has 13 heteroatoms. The van der Waals surface area contributed by atoms with E-state index in [-0.39, 0.29) is 39.4 Å². The van der Waals surface area contributed by atoms with Crippen molar-refractivity contribution in [2.75, 3.05) is 7.11 Å². The van der Waals surface area contributed by atoms with Crippen LogP contribution in [0.25, 0.3) is 26.8 Å². The number of hydrogen-bond acceptors (Lipinski definition) is 8. The first-order valence-corrected chi connectivity index (χ1v) is 11.6. The Hall–Kier alpha value is -4.10. The highest BCUT2D eigenvalue weighted by molar-refractivity contribution is 7.17. The number of aromatic amines is 1. The molecule has 5 rings (SSSR count). The second kappa shape index (κ2) is 8.60. The Morgan fingerprint density at radius 3 is 2.71 bits per heavy atom. The van der Waals surface area contributed by atoms with Crippen LogP contribution in [-0.4, -0.2) is 32.7 Å². The number of nitrogens with zero attached hydrogens (tertiary/aromatic N) is 2. The standard InChI is InChI=1S/C22H13F2N3O6S2/c1-32-15-4-11(24)14(27-20(28)17-13(26-22(27)31)7-34-19(17)21(29)30)5-16(15)33-6-9-10(23)2-3-12-18(9)35-8-25-12/h2-5,7-8H,6H2,1H3,(H,26,31)(H,29,30). The van der Waals surface area contributed by atoms with Crippen molar-refractivity contribution in [2.45, 2.75) is 6.61 Å². The third-order valence-corrected chi connectivity index (χ3v) is 7.11. The van der Waals surface area contributed by atoms with Crippen LogP contribution in [0.5, 0.6) is 11.5 Å². The number of carbonyl (C=O) groups is 1. The lowest BCUT2D eigenvalue weighted by Gasteiger charge is -2.15. The fraction of sp³-hybridized carbons (Fsp3) is 0.0909. The third-order valence-electron chi connectivity index (χ3n) is 5.24. The van der Waals surface area contributed by atoms with Crippen molar-refractivity contribution in [1.29, 1.82) is 0 Å². The lowest BCUT2D eigenvalue weighted by atomic mass is 10.2. The molecule has 2 N–H and O–H groups in total. The molecule has 3 heterocycles. The maximum Gasteiger partial charge on any atom is 0.346 e. The molecule has 0 aliphatic heterocycles. The number of aromatic carboxylic acids is 1. The van der Waals surface area contributed by atoms with Gasteiger partial charge in [0.1, 0.15) is 17.3 Å². The van der Waals surface area contributed by atoms with Crippen LogP contribution in [0.2, 0.25) is 0 Å². The number of fused-ring (bicyclic) bond motifs is 2. The average molecular weight is 517 g/mol. The number of aromatic nitrogens is 3. The maximum absolute atomic E-state index is 15.0. The minimum absolute atomic E-state index is 0.0252. The summed E-state index contributed by atoms with van der Waals surface area (Å²) in [5.74, 6) is -3.02. The van der Waals surface area contributed by atoms with Crippen molar-refractivity contribution in [2.24, 2.45) is 0 Å². The molecule has 9 nitrogen and oxygen atoms in total. The monoisotopic (exact) mass is 517 g/mol. The fourth-order valence-electron chi connectivity index (χ4n) is 3.63. The lowest BCUT2D eigenvalue weighted by molar-refractivity contribution is 0.0704. The molecule has 35 heavy (non-hydrogen) atoms. The number of thiazole rings is 1. The van der Waals surface area contributed by atoms with E-state index < -0.39 is 34.5 Å². The largest absolute Gasteiger partial charge is 0.493 e. The summed E-state index contributed by atoms with van der Waals surface area (Å²) < 4.78 is 41.4. The Morgan fingerprint density at radius 2 is 1.97 bits per heavy atom.